The first-order valence-electron chi connectivity index (χ1n) is 7.80. The number of nitrogens with zero attached hydrogens (tertiary/aromatic N) is 1. The SMILES string of the molecule is CCSC(c1cc(-c2ccc(C(=O)O)cc2)no1)c1ccccc1O. The number of thioether (sulfide) groups is 1. The summed E-state index contributed by atoms with van der Waals surface area (Å²) in [6.07, 6.45) is 0. The quantitative estimate of drug-likeness (QED) is 0.673. The normalized spacial score (nSPS) is 12.0. The van der Waals surface area contributed by atoms with Crippen LogP contribution >= 0.6 is 11.8 Å². The first kappa shape index (κ1) is 17.1. The van der Waals surface area contributed by atoms with E-state index in [4.69, 9.17) is 9.63 Å². The van der Waals surface area contributed by atoms with Gasteiger partial charge in [0.15, 0.2) is 5.76 Å². The molecule has 0 radical (unpaired) electrons. The van der Waals surface area contributed by atoms with E-state index in [2.05, 4.69) is 5.16 Å². The zero-order valence-corrected chi connectivity index (χ0v) is 14.4. The fourth-order valence-electron chi connectivity index (χ4n) is 2.53. The third-order valence-corrected chi connectivity index (χ3v) is 4.92. The van der Waals surface area contributed by atoms with Crippen molar-refractivity contribution in [2.75, 3.05) is 5.75 Å². The molecule has 1 atom stereocenters. The summed E-state index contributed by atoms with van der Waals surface area (Å²) in [5.74, 6) is 0.747. The topological polar surface area (TPSA) is 83.6 Å². The Morgan fingerprint density at radius 3 is 2.56 bits per heavy atom. The number of aromatic carboxylic acids is 1. The number of rotatable bonds is 6. The molecule has 0 bridgehead atoms. The van der Waals surface area contributed by atoms with Crippen LogP contribution in [0.4, 0.5) is 0 Å². The lowest BCUT2D eigenvalue weighted by atomic mass is 10.1. The van der Waals surface area contributed by atoms with Gasteiger partial charge in [-0.3, -0.25) is 0 Å². The van der Waals surface area contributed by atoms with Crippen LogP contribution in [0.3, 0.4) is 0 Å². The average molecular weight is 355 g/mol. The number of phenols is 1. The molecule has 0 amide bonds. The number of phenolic OH excluding ortho intramolecular Hbond substituents is 1. The number of hydrogen-bond donors (Lipinski definition) is 2. The van der Waals surface area contributed by atoms with Gasteiger partial charge in [0.05, 0.1) is 10.8 Å². The Kier molecular flexibility index (Phi) is 5.09. The largest absolute Gasteiger partial charge is 0.508 e. The second kappa shape index (κ2) is 7.44. The Balaban J connectivity index is 1.92. The molecule has 3 aromatic rings. The highest BCUT2D eigenvalue weighted by molar-refractivity contribution is 7.99. The number of para-hydroxylation sites is 1. The molecule has 0 spiro atoms. The summed E-state index contributed by atoms with van der Waals surface area (Å²) in [5.41, 5.74) is 2.40. The number of carboxylic acid groups (broad SMARTS) is 1. The Labute approximate surface area is 149 Å². The summed E-state index contributed by atoms with van der Waals surface area (Å²) in [5, 5.41) is 23.1. The van der Waals surface area contributed by atoms with E-state index in [0.717, 1.165) is 16.9 Å². The first-order chi connectivity index (χ1) is 12.1. The van der Waals surface area contributed by atoms with Gasteiger partial charge in [0.1, 0.15) is 11.4 Å². The lowest BCUT2D eigenvalue weighted by Crippen LogP contribution is -1.96. The van der Waals surface area contributed by atoms with Crippen molar-refractivity contribution in [3.05, 3.63) is 71.5 Å². The number of benzene rings is 2. The fraction of sp³-hybridized carbons (Fsp3) is 0.158. The van der Waals surface area contributed by atoms with Gasteiger partial charge in [-0.25, -0.2) is 4.79 Å². The molecule has 0 saturated carbocycles. The molecule has 1 heterocycles. The van der Waals surface area contributed by atoms with E-state index in [1.165, 1.54) is 12.1 Å². The van der Waals surface area contributed by atoms with Gasteiger partial charge in [-0.15, -0.1) is 11.8 Å². The maximum absolute atomic E-state index is 10.9. The van der Waals surface area contributed by atoms with E-state index in [1.807, 2.05) is 25.1 Å². The molecule has 0 fully saturated rings. The monoisotopic (exact) mass is 355 g/mol. The average Bonchev–Trinajstić information content (AvgIpc) is 3.10. The van der Waals surface area contributed by atoms with Crippen LogP contribution in [0.1, 0.15) is 33.9 Å². The van der Waals surface area contributed by atoms with E-state index >= 15 is 0 Å². The van der Waals surface area contributed by atoms with E-state index in [9.17, 15) is 9.90 Å². The predicted octanol–water partition coefficient (Wildman–Crippen LogP) is 4.59. The highest BCUT2D eigenvalue weighted by atomic mass is 32.2. The summed E-state index contributed by atoms with van der Waals surface area (Å²) in [6.45, 7) is 2.04. The summed E-state index contributed by atoms with van der Waals surface area (Å²) in [6, 6.07) is 15.5. The smallest absolute Gasteiger partial charge is 0.335 e. The number of aromatic nitrogens is 1. The molecule has 0 aliphatic heterocycles. The molecule has 128 valence electrons. The number of hydrogen-bond acceptors (Lipinski definition) is 5. The van der Waals surface area contributed by atoms with Crippen molar-refractivity contribution in [1.29, 1.82) is 0 Å². The molecule has 0 aliphatic carbocycles. The van der Waals surface area contributed by atoms with Crippen molar-refractivity contribution in [1.82, 2.24) is 5.16 Å². The van der Waals surface area contributed by atoms with Gasteiger partial charge in [-0.05, 0) is 24.0 Å². The second-order valence-corrected chi connectivity index (χ2v) is 6.77. The summed E-state index contributed by atoms with van der Waals surface area (Å²) >= 11 is 1.64. The zero-order valence-electron chi connectivity index (χ0n) is 13.5. The number of aromatic hydroxyl groups is 1. The van der Waals surface area contributed by atoms with E-state index in [0.29, 0.717) is 11.5 Å². The van der Waals surface area contributed by atoms with Gasteiger partial charge in [0.2, 0.25) is 0 Å². The zero-order chi connectivity index (χ0) is 17.8. The standard InChI is InChI=1S/C19H17NO4S/c1-2-25-18(14-5-3-4-6-16(14)21)17-11-15(20-24-17)12-7-9-13(10-8-12)19(22)23/h3-11,18,21H,2H2,1H3,(H,22,23). The Morgan fingerprint density at radius 2 is 1.92 bits per heavy atom. The molecule has 1 aromatic heterocycles. The maximum Gasteiger partial charge on any atom is 0.335 e. The molecule has 0 saturated heterocycles. The molecule has 25 heavy (non-hydrogen) atoms. The van der Waals surface area contributed by atoms with Crippen LogP contribution in [0.15, 0.2) is 59.1 Å². The molecule has 2 aromatic carbocycles. The summed E-state index contributed by atoms with van der Waals surface area (Å²) in [4.78, 5) is 10.9. The van der Waals surface area contributed by atoms with Crippen molar-refractivity contribution in [3.8, 4) is 17.0 Å². The van der Waals surface area contributed by atoms with Crippen LogP contribution < -0.4 is 0 Å². The van der Waals surface area contributed by atoms with Gasteiger partial charge in [0, 0.05) is 17.2 Å². The van der Waals surface area contributed by atoms with Crippen molar-refractivity contribution >= 4 is 17.7 Å². The number of carboxylic acids is 1. The second-order valence-electron chi connectivity index (χ2n) is 5.39. The molecular formula is C19H17NO4S. The van der Waals surface area contributed by atoms with Gasteiger partial charge in [-0.1, -0.05) is 42.4 Å². The van der Waals surface area contributed by atoms with Crippen LogP contribution in [-0.2, 0) is 0 Å². The minimum atomic E-state index is -0.966. The van der Waals surface area contributed by atoms with E-state index in [1.54, 1.807) is 36.0 Å². The third-order valence-electron chi connectivity index (χ3n) is 3.77. The highest BCUT2D eigenvalue weighted by Gasteiger charge is 2.22. The number of carbonyl (C=O) groups is 1. The van der Waals surface area contributed by atoms with Crippen molar-refractivity contribution in [2.45, 2.75) is 12.2 Å². The van der Waals surface area contributed by atoms with Gasteiger partial charge >= 0.3 is 5.97 Å². The van der Waals surface area contributed by atoms with Crippen molar-refractivity contribution in [3.63, 3.8) is 0 Å². The van der Waals surface area contributed by atoms with Crippen molar-refractivity contribution < 1.29 is 19.5 Å². The highest BCUT2D eigenvalue weighted by Crippen LogP contribution is 2.40. The minimum Gasteiger partial charge on any atom is -0.508 e. The van der Waals surface area contributed by atoms with Gasteiger partial charge < -0.3 is 14.7 Å². The maximum atomic E-state index is 10.9. The van der Waals surface area contributed by atoms with Gasteiger partial charge in [-0.2, -0.15) is 0 Å². The first-order valence-corrected chi connectivity index (χ1v) is 8.85. The van der Waals surface area contributed by atoms with E-state index < -0.39 is 5.97 Å². The molecule has 1 unspecified atom stereocenters. The van der Waals surface area contributed by atoms with Crippen LogP contribution in [0.5, 0.6) is 5.75 Å². The third kappa shape index (κ3) is 3.69. The Hall–Kier alpha value is -2.73. The lowest BCUT2D eigenvalue weighted by molar-refractivity contribution is 0.0697. The van der Waals surface area contributed by atoms with Crippen LogP contribution in [-0.4, -0.2) is 27.1 Å². The molecular weight excluding hydrogens is 338 g/mol. The summed E-state index contributed by atoms with van der Waals surface area (Å²) in [7, 11) is 0. The predicted molar refractivity (Wildman–Crippen MR) is 97.0 cm³/mol. The van der Waals surface area contributed by atoms with Crippen LogP contribution in [0.2, 0.25) is 0 Å². The molecule has 0 aliphatic rings. The van der Waals surface area contributed by atoms with Crippen LogP contribution in [0, 0.1) is 0 Å². The Morgan fingerprint density at radius 1 is 1.20 bits per heavy atom. The van der Waals surface area contributed by atoms with E-state index in [-0.39, 0.29) is 16.6 Å². The minimum absolute atomic E-state index is 0.161. The lowest BCUT2D eigenvalue weighted by Gasteiger charge is -2.14. The molecule has 2 N–H and O–H groups in total. The van der Waals surface area contributed by atoms with Crippen molar-refractivity contribution in [2.24, 2.45) is 0 Å². The Bertz CT molecular complexity index is 873. The molecule has 5 nitrogen and oxygen atoms in total. The fourth-order valence-corrected chi connectivity index (χ4v) is 3.52. The molecule has 3 rings (SSSR count). The summed E-state index contributed by atoms with van der Waals surface area (Å²) < 4.78 is 5.52. The van der Waals surface area contributed by atoms with Gasteiger partial charge in [0.25, 0.3) is 0 Å². The van der Waals surface area contributed by atoms with Crippen LogP contribution in [0.25, 0.3) is 11.3 Å². The molecule has 6 heteroatoms.